The number of likely N-dealkylation sites (tertiary alicyclic amines) is 1. The largest absolute Gasteiger partial charge is 0.354 e. The molecular formula is C20H28FN3O2S. The van der Waals surface area contributed by atoms with Gasteiger partial charge in [-0.15, -0.1) is 0 Å². The Morgan fingerprint density at radius 1 is 1.33 bits per heavy atom. The zero-order valence-electron chi connectivity index (χ0n) is 15.8. The van der Waals surface area contributed by atoms with Gasteiger partial charge in [-0.1, -0.05) is 0 Å². The van der Waals surface area contributed by atoms with Gasteiger partial charge in [0.1, 0.15) is 5.82 Å². The first kappa shape index (κ1) is 20.1. The Bertz CT molecular complexity index is 679. The number of thioether (sulfide) groups is 1. The highest BCUT2D eigenvalue weighted by molar-refractivity contribution is 7.97. The maximum Gasteiger partial charge on any atom is 0.253 e. The molecule has 2 heterocycles. The molecule has 148 valence electrons. The first-order valence-corrected chi connectivity index (χ1v) is 11.1. The van der Waals surface area contributed by atoms with E-state index in [9.17, 15) is 14.0 Å². The van der Waals surface area contributed by atoms with Gasteiger partial charge >= 0.3 is 0 Å². The highest BCUT2D eigenvalue weighted by atomic mass is 32.2. The number of nitrogens with zero attached hydrogens (tertiary/aromatic N) is 1. The van der Waals surface area contributed by atoms with Crippen LogP contribution < -0.4 is 10.6 Å². The summed E-state index contributed by atoms with van der Waals surface area (Å²) in [5.74, 6) is 0.568. The molecular weight excluding hydrogens is 365 g/mol. The van der Waals surface area contributed by atoms with Crippen molar-refractivity contribution < 1.29 is 14.0 Å². The molecule has 2 saturated heterocycles. The summed E-state index contributed by atoms with van der Waals surface area (Å²) in [5, 5.41) is 6.24. The van der Waals surface area contributed by atoms with Gasteiger partial charge in [0.15, 0.2) is 0 Å². The maximum atomic E-state index is 13.8. The highest BCUT2D eigenvalue weighted by Gasteiger charge is 2.27. The zero-order chi connectivity index (χ0) is 19.2. The van der Waals surface area contributed by atoms with Crippen LogP contribution in [-0.4, -0.2) is 55.2 Å². The van der Waals surface area contributed by atoms with Crippen molar-refractivity contribution in [3.63, 3.8) is 0 Å². The Morgan fingerprint density at radius 2 is 2.19 bits per heavy atom. The first-order valence-electron chi connectivity index (χ1n) is 9.66. The lowest BCUT2D eigenvalue weighted by molar-refractivity contribution is -0.123. The SMILES string of the molecule is CSCc1cc(C(=O)N2CCCC(CNC(=O)C3CCCN3)C2)ccc1F. The highest BCUT2D eigenvalue weighted by Crippen LogP contribution is 2.21. The first-order chi connectivity index (χ1) is 13.1. The molecule has 5 nitrogen and oxygen atoms in total. The van der Waals surface area contributed by atoms with Crippen LogP contribution in [0.25, 0.3) is 0 Å². The van der Waals surface area contributed by atoms with Crippen molar-refractivity contribution in [2.75, 3.05) is 32.4 Å². The van der Waals surface area contributed by atoms with Gasteiger partial charge in [-0.3, -0.25) is 9.59 Å². The number of halogens is 1. The predicted octanol–water partition coefficient (Wildman–Crippen LogP) is 2.41. The van der Waals surface area contributed by atoms with E-state index in [2.05, 4.69) is 10.6 Å². The summed E-state index contributed by atoms with van der Waals surface area (Å²) >= 11 is 1.53. The second-order valence-electron chi connectivity index (χ2n) is 7.39. The van der Waals surface area contributed by atoms with E-state index < -0.39 is 0 Å². The van der Waals surface area contributed by atoms with Crippen LogP contribution in [0.4, 0.5) is 4.39 Å². The Kier molecular flexibility index (Phi) is 7.13. The lowest BCUT2D eigenvalue weighted by Gasteiger charge is -2.33. The zero-order valence-corrected chi connectivity index (χ0v) is 16.6. The number of rotatable bonds is 6. The lowest BCUT2D eigenvalue weighted by atomic mass is 9.97. The van der Waals surface area contributed by atoms with Gasteiger partial charge < -0.3 is 15.5 Å². The Labute approximate surface area is 164 Å². The summed E-state index contributed by atoms with van der Waals surface area (Å²) in [6, 6.07) is 4.55. The number of amides is 2. The van der Waals surface area contributed by atoms with Crippen LogP contribution in [0.3, 0.4) is 0 Å². The third-order valence-electron chi connectivity index (χ3n) is 5.34. The summed E-state index contributed by atoms with van der Waals surface area (Å²) < 4.78 is 13.8. The van der Waals surface area contributed by atoms with Crippen molar-refractivity contribution in [2.24, 2.45) is 5.92 Å². The molecule has 3 rings (SSSR count). The molecule has 0 aliphatic carbocycles. The van der Waals surface area contributed by atoms with Crippen LogP contribution in [0.1, 0.15) is 41.6 Å². The monoisotopic (exact) mass is 393 g/mol. The molecule has 2 unspecified atom stereocenters. The number of carbonyl (C=O) groups is 2. The van der Waals surface area contributed by atoms with Gasteiger partial charge in [0.05, 0.1) is 6.04 Å². The van der Waals surface area contributed by atoms with E-state index in [4.69, 9.17) is 0 Å². The van der Waals surface area contributed by atoms with E-state index in [0.29, 0.717) is 36.5 Å². The van der Waals surface area contributed by atoms with Crippen LogP contribution in [0, 0.1) is 11.7 Å². The summed E-state index contributed by atoms with van der Waals surface area (Å²) in [7, 11) is 0. The van der Waals surface area contributed by atoms with E-state index in [1.165, 1.54) is 17.8 Å². The van der Waals surface area contributed by atoms with Gasteiger partial charge in [-0.05, 0) is 68.2 Å². The number of hydrogen-bond donors (Lipinski definition) is 2. The molecule has 0 bridgehead atoms. The van der Waals surface area contributed by atoms with E-state index in [1.807, 2.05) is 11.2 Å². The quantitative estimate of drug-likeness (QED) is 0.779. The van der Waals surface area contributed by atoms with Gasteiger partial charge in [0.25, 0.3) is 5.91 Å². The lowest BCUT2D eigenvalue weighted by Crippen LogP contribution is -2.46. The van der Waals surface area contributed by atoms with E-state index in [0.717, 1.165) is 32.2 Å². The maximum absolute atomic E-state index is 13.8. The average molecular weight is 394 g/mol. The molecule has 0 spiro atoms. The van der Waals surface area contributed by atoms with Crippen molar-refractivity contribution in [1.82, 2.24) is 15.5 Å². The second kappa shape index (κ2) is 9.55. The topological polar surface area (TPSA) is 61.4 Å². The van der Waals surface area contributed by atoms with Crippen molar-refractivity contribution in [2.45, 2.75) is 37.5 Å². The molecule has 2 atom stereocenters. The van der Waals surface area contributed by atoms with Crippen LogP contribution in [0.2, 0.25) is 0 Å². The van der Waals surface area contributed by atoms with Gasteiger partial charge in [0, 0.05) is 31.0 Å². The second-order valence-corrected chi connectivity index (χ2v) is 8.26. The third kappa shape index (κ3) is 5.23. The summed E-state index contributed by atoms with van der Waals surface area (Å²) in [5.41, 5.74) is 1.11. The van der Waals surface area contributed by atoms with Gasteiger partial charge in [-0.2, -0.15) is 11.8 Å². The molecule has 0 aromatic heterocycles. The standard InChI is InChI=1S/C20H28FN3O2S/c1-27-13-16-10-15(6-7-17(16)21)20(26)24-9-3-4-14(12-24)11-23-19(25)18-5-2-8-22-18/h6-7,10,14,18,22H,2-5,8-9,11-13H2,1H3,(H,23,25). The summed E-state index contributed by atoms with van der Waals surface area (Å²) in [4.78, 5) is 26.9. The van der Waals surface area contributed by atoms with Crippen molar-refractivity contribution in [1.29, 1.82) is 0 Å². The minimum Gasteiger partial charge on any atom is -0.354 e. The number of hydrogen-bond acceptors (Lipinski definition) is 4. The van der Waals surface area contributed by atoms with E-state index in [1.54, 1.807) is 12.1 Å². The van der Waals surface area contributed by atoms with Crippen molar-refractivity contribution in [3.8, 4) is 0 Å². The normalized spacial score (nSPS) is 22.7. The Hall–Kier alpha value is -1.60. The molecule has 2 fully saturated rings. The van der Waals surface area contributed by atoms with Crippen LogP contribution in [0.5, 0.6) is 0 Å². The molecule has 2 aliphatic heterocycles. The predicted molar refractivity (Wildman–Crippen MR) is 106 cm³/mol. The summed E-state index contributed by atoms with van der Waals surface area (Å²) in [6.07, 6.45) is 5.78. The van der Waals surface area contributed by atoms with Crippen LogP contribution >= 0.6 is 11.8 Å². The van der Waals surface area contributed by atoms with Crippen LogP contribution in [-0.2, 0) is 10.5 Å². The fourth-order valence-electron chi connectivity index (χ4n) is 3.85. The number of benzene rings is 1. The molecule has 7 heteroatoms. The average Bonchev–Trinajstić information content (AvgIpc) is 3.22. The van der Waals surface area contributed by atoms with Gasteiger partial charge in [-0.25, -0.2) is 4.39 Å². The minimum absolute atomic E-state index is 0.0501. The molecule has 1 aromatic carbocycles. The molecule has 0 saturated carbocycles. The Morgan fingerprint density at radius 3 is 2.93 bits per heavy atom. The minimum atomic E-state index is -0.263. The molecule has 0 radical (unpaired) electrons. The van der Waals surface area contributed by atoms with Crippen LogP contribution in [0.15, 0.2) is 18.2 Å². The molecule has 1 aromatic rings. The fourth-order valence-corrected chi connectivity index (χ4v) is 4.38. The number of carbonyl (C=O) groups excluding carboxylic acids is 2. The molecule has 2 amide bonds. The fraction of sp³-hybridized carbons (Fsp3) is 0.600. The van der Waals surface area contributed by atoms with E-state index >= 15 is 0 Å². The Balaban J connectivity index is 1.56. The number of nitrogens with one attached hydrogen (secondary N) is 2. The third-order valence-corrected chi connectivity index (χ3v) is 5.94. The molecule has 2 aliphatic rings. The molecule has 2 N–H and O–H groups in total. The molecule has 27 heavy (non-hydrogen) atoms. The van der Waals surface area contributed by atoms with Crippen molar-refractivity contribution in [3.05, 3.63) is 35.1 Å². The number of piperidine rings is 1. The smallest absolute Gasteiger partial charge is 0.253 e. The summed E-state index contributed by atoms with van der Waals surface area (Å²) in [6.45, 7) is 2.84. The van der Waals surface area contributed by atoms with Gasteiger partial charge in [0.2, 0.25) is 5.91 Å². The van der Waals surface area contributed by atoms with E-state index in [-0.39, 0.29) is 29.6 Å². The van der Waals surface area contributed by atoms with Crippen molar-refractivity contribution >= 4 is 23.6 Å².